The molecule has 0 saturated heterocycles. The van der Waals surface area contributed by atoms with Crippen molar-refractivity contribution in [2.45, 2.75) is 34.2 Å². The lowest BCUT2D eigenvalue weighted by atomic mass is 10.1. The normalized spacial score (nSPS) is 10.4. The van der Waals surface area contributed by atoms with Crippen LogP contribution in [0.1, 0.15) is 27.8 Å². The van der Waals surface area contributed by atoms with Crippen molar-refractivity contribution >= 4 is 5.91 Å². The third-order valence-corrected chi connectivity index (χ3v) is 3.89. The van der Waals surface area contributed by atoms with Crippen LogP contribution in [0.2, 0.25) is 0 Å². The molecule has 3 heteroatoms. The summed E-state index contributed by atoms with van der Waals surface area (Å²) in [6, 6.07) is 12.1. The van der Waals surface area contributed by atoms with Crippen molar-refractivity contribution in [1.29, 1.82) is 0 Å². The molecule has 0 heterocycles. The molecular formula is C19H23NO2. The third-order valence-electron chi connectivity index (χ3n) is 3.89. The van der Waals surface area contributed by atoms with Crippen LogP contribution in [-0.4, -0.2) is 12.5 Å². The zero-order valence-corrected chi connectivity index (χ0v) is 13.7. The molecule has 116 valence electrons. The van der Waals surface area contributed by atoms with Crippen molar-refractivity contribution in [2.75, 3.05) is 6.61 Å². The second kappa shape index (κ2) is 7.12. The zero-order chi connectivity index (χ0) is 16.1. The molecule has 2 aromatic rings. The van der Waals surface area contributed by atoms with Crippen LogP contribution in [-0.2, 0) is 11.3 Å². The van der Waals surface area contributed by atoms with Gasteiger partial charge in [-0.15, -0.1) is 0 Å². The number of aryl methyl sites for hydroxylation is 4. The maximum atomic E-state index is 11.9. The van der Waals surface area contributed by atoms with E-state index in [1.54, 1.807) is 0 Å². The fourth-order valence-corrected chi connectivity index (χ4v) is 2.29. The van der Waals surface area contributed by atoms with Crippen molar-refractivity contribution in [3.63, 3.8) is 0 Å². The number of carbonyl (C=O) groups excluding carboxylic acids is 1. The Bertz CT molecular complexity index is 677. The van der Waals surface area contributed by atoms with E-state index in [0.29, 0.717) is 6.54 Å². The molecule has 0 saturated carbocycles. The summed E-state index contributed by atoms with van der Waals surface area (Å²) in [4.78, 5) is 11.9. The van der Waals surface area contributed by atoms with Crippen LogP contribution in [0.25, 0.3) is 0 Å². The van der Waals surface area contributed by atoms with Gasteiger partial charge in [-0.05, 0) is 61.6 Å². The van der Waals surface area contributed by atoms with Crippen LogP contribution in [0.4, 0.5) is 0 Å². The maximum absolute atomic E-state index is 11.9. The van der Waals surface area contributed by atoms with Crippen LogP contribution in [0.3, 0.4) is 0 Å². The molecule has 0 aliphatic heterocycles. The molecule has 3 nitrogen and oxygen atoms in total. The first-order valence-electron chi connectivity index (χ1n) is 7.49. The Hall–Kier alpha value is -2.29. The highest BCUT2D eigenvalue weighted by molar-refractivity contribution is 5.77. The van der Waals surface area contributed by atoms with Gasteiger partial charge in [0, 0.05) is 6.54 Å². The van der Waals surface area contributed by atoms with E-state index in [4.69, 9.17) is 4.74 Å². The molecule has 0 radical (unpaired) electrons. The van der Waals surface area contributed by atoms with Gasteiger partial charge in [-0.1, -0.05) is 30.3 Å². The zero-order valence-electron chi connectivity index (χ0n) is 13.7. The van der Waals surface area contributed by atoms with Gasteiger partial charge in [0.05, 0.1) is 0 Å². The molecule has 0 aromatic heterocycles. The Labute approximate surface area is 132 Å². The predicted molar refractivity (Wildman–Crippen MR) is 89.2 cm³/mol. The van der Waals surface area contributed by atoms with E-state index in [9.17, 15) is 4.79 Å². The minimum absolute atomic E-state index is 0.0369. The minimum atomic E-state index is -0.110. The summed E-state index contributed by atoms with van der Waals surface area (Å²) in [5, 5.41) is 2.89. The largest absolute Gasteiger partial charge is 0.483 e. The van der Waals surface area contributed by atoms with Crippen molar-refractivity contribution in [3.8, 4) is 5.75 Å². The molecular weight excluding hydrogens is 274 g/mol. The topological polar surface area (TPSA) is 38.3 Å². The smallest absolute Gasteiger partial charge is 0.258 e. The average Bonchev–Trinajstić information content (AvgIpc) is 2.49. The number of amides is 1. The molecule has 2 rings (SSSR count). The Balaban J connectivity index is 1.88. The predicted octanol–water partition coefficient (Wildman–Crippen LogP) is 3.62. The summed E-state index contributed by atoms with van der Waals surface area (Å²) < 4.78 is 5.64. The highest BCUT2D eigenvalue weighted by atomic mass is 16.5. The van der Waals surface area contributed by atoms with Crippen molar-refractivity contribution in [3.05, 3.63) is 64.2 Å². The number of nitrogens with one attached hydrogen (secondary N) is 1. The Morgan fingerprint density at radius 3 is 2.36 bits per heavy atom. The molecule has 0 aliphatic rings. The fourth-order valence-electron chi connectivity index (χ4n) is 2.29. The van der Waals surface area contributed by atoms with E-state index in [0.717, 1.165) is 16.9 Å². The first kappa shape index (κ1) is 16.1. The summed E-state index contributed by atoms with van der Waals surface area (Å²) in [6.07, 6.45) is 0. The maximum Gasteiger partial charge on any atom is 0.258 e. The highest BCUT2D eigenvalue weighted by Crippen LogP contribution is 2.22. The van der Waals surface area contributed by atoms with Crippen LogP contribution in [0.15, 0.2) is 36.4 Å². The summed E-state index contributed by atoms with van der Waals surface area (Å²) in [6.45, 7) is 8.71. The molecule has 0 atom stereocenters. The van der Waals surface area contributed by atoms with Gasteiger partial charge in [0.1, 0.15) is 5.75 Å². The quantitative estimate of drug-likeness (QED) is 0.915. The van der Waals surface area contributed by atoms with Crippen molar-refractivity contribution in [1.82, 2.24) is 5.32 Å². The van der Waals surface area contributed by atoms with E-state index < -0.39 is 0 Å². The van der Waals surface area contributed by atoms with Crippen molar-refractivity contribution < 1.29 is 9.53 Å². The van der Waals surface area contributed by atoms with E-state index >= 15 is 0 Å². The first-order valence-corrected chi connectivity index (χ1v) is 7.49. The molecule has 0 fully saturated rings. The molecule has 0 unspecified atom stereocenters. The van der Waals surface area contributed by atoms with E-state index in [1.165, 1.54) is 16.7 Å². The molecule has 1 N–H and O–H groups in total. The van der Waals surface area contributed by atoms with Gasteiger partial charge in [-0.2, -0.15) is 0 Å². The average molecular weight is 297 g/mol. The third kappa shape index (κ3) is 4.10. The minimum Gasteiger partial charge on any atom is -0.483 e. The van der Waals surface area contributed by atoms with Gasteiger partial charge in [-0.3, -0.25) is 4.79 Å². The molecule has 1 amide bonds. The number of carbonyl (C=O) groups is 1. The Kier molecular flexibility index (Phi) is 5.21. The first-order chi connectivity index (χ1) is 10.5. The molecule has 2 aromatic carbocycles. The van der Waals surface area contributed by atoms with Gasteiger partial charge in [0.25, 0.3) is 5.91 Å². The van der Waals surface area contributed by atoms with Crippen LogP contribution in [0, 0.1) is 27.7 Å². The van der Waals surface area contributed by atoms with E-state index in [-0.39, 0.29) is 12.5 Å². The summed E-state index contributed by atoms with van der Waals surface area (Å²) in [7, 11) is 0. The van der Waals surface area contributed by atoms with Gasteiger partial charge >= 0.3 is 0 Å². The molecule has 22 heavy (non-hydrogen) atoms. The number of rotatable bonds is 5. The van der Waals surface area contributed by atoms with E-state index in [1.807, 2.05) is 51.1 Å². The number of benzene rings is 2. The van der Waals surface area contributed by atoms with Gasteiger partial charge in [-0.25, -0.2) is 0 Å². The lowest BCUT2D eigenvalue weighted by molar-refractivity contribution is -0.123. The number of ether oxygens (including phenoxy) is 1. The summed E-state index contributed by atoms with van der Waals surface area (Å²) >= 11 is 0. The van der Waals surface area contributed by atoms with Gasteiger partial charge in [0.2, 0.25) is 0 Å². The molecule has 0 aliphatic carbocycles. The van der Waals surface area contributed by atoms with Crippen molar-refractivity contribution in [2.24, 2.45) is 0 Å². The Morgan fingerprint density at radius 1 is 0.955 bits per heavy atom. The molecule has 0 spiro atoms. The van der Waals surface area contributed by atoms with Crippen LogP contribution >= 0.6 is 0 Å². The SMILES string of the molecule is Cc1cc(C)c(OCC(=O)NCc2ccccc2C)cc1C. The van der Waals surface area contributed by atoms with Gasteiger partial charge in [0.15, 0.2) is 6.61 Å². The standard InChI is InChI=1S/C19H23NO2/c1-13-7-5-6-8-17(13)11-20-19(21)12-22-18-10-15(3)14(2)9-16(18)4/h5-10H,11-12H2,1-4H3,(H,20,21). The molecule has 0 bridgehead atoms. The second-order valence-electron chi connectivity index (χ2n) is 5.69. The fraction of sp³-hybridized carbons (Fsp3) is 0.316. The lowest BCUT2D eigenvalue weighted by Crippen LogP contribution is -2.28. The second-order valence-corrected chi connectivity index (χ2v) is 5.69. The van der Waals surface area contributed by atoms with Crippen LogP contribution < -0.4 is 10.1 Å². The summed E-state index contributed by atoms with van der Waals surface area (Å²) in [5.74, 6) is 0.662. The number of hydrogen-bond acceptors (Lipinski definition) is 2. The van der Waals surface area contributed by atoms with Crippen LogP contribution in [0.5, 0.6) is 5.75 Å². The number of hydrogen-bond donors (Lipinski definition) is 1. The van der Waals surface area contributed by atoms with Gasteiger partial charge < -0.3 is 10.1 Å². The summed E-state index contributed by atoms with van der Waals surface area (Å²) in [5.41, 5.74) is 5.75. The Morgan fingerprint density at radius 2 is 1.64 bits per heavy atom. The lowest BCUT2D eigenvalue weighted by Gasteiger charge is -2.12. The monoisotopic (exact) mass is 297 g/mol. The van der Waals surface area contributed by atoms with E-state index in [2.05, 4.69) is 18.3 Å². The highest BCUT2D eigenvalue weighted by Gasteiger charge is 2.07.